The molecule has 0 fully saturated rings. The van der Waals surface area contributed by atoms with Crippen molar-refractivity contribution in [2.75, 3.05) is 26.7 Å². The van der Waals surface area contributed by atoms with E-state index in [4.69, 9.17) is 10.5 Å². The third-order valence-electron chi connectivity index (χ3n) is 6.29. The first-order valence-corrected chi connectivity index (χ1v) is 14.1. The molecule has 0 spiro atoms. The maximum absolute atomic E-state index is 12.8. The molecule has 5 heteroatoms. The molecule has 2 N–H and O–H groups in total. The van der Waals surface area contributed by atoms with E-state index in [1.807, 2.05) is 23.1 Å². The highest BCUT2D eigenvalue weighted by molar-refractivity contribution is 7.80. The molecular weight excluding hydrogens is 440 g/mol. The lowest BCUT2D eigenvalue weighted by molar-refractivity contribution is -0.130. The zero-order valence-corrected chi connectivity index (χ0v) is 22.8. The highest BCUT2D eigenvalue weighted by Crippen LogP contribution is 2.24. The molecule has 1 aromatic carbocycles. The van der Waals surface area contributed by atoms with Crippen molar-refractivity contribution in [3.63, 3.8) is 0 Å². The van der Waals surface area contributed by atoms with Crippen molar-refractivity contribution in [3.8, 4) is 5.75 Å². The molecular formula is C29H50N2O2S. The number of unbranched alkanes of at least 4 members (excludes halogenated alkanes) is 12. The molecule has 0 aromatic heterocycles. The van der Waals surface area contributed by atoms with Gasteiger partial charge >= 0.3 is 0 Å². The van der Waals surface area contributed by atoms with Crippen LogP contribution < -0.4 is 10.5 Å². The Hall–Kier alpha value is -1.46. The van der Waals surface area contributed by atoms with Crippen molar-refractivity contribution in [3.05, 3.63) is 35.9 Å². The summed E-state index contributed by atoms with van der Waals surface area (Å²) in [6.45, 7) is 4.18. The molecule has 0 unspecified atom stereocenters. The maximum Gasteiger partial charge on any atom is 0.227 e. The van der Waals surface area contributed by atoms with Crippen LogP contribution in [0, 0.1) is 0 Å². The van der Waals surface area contributed by atoms with Gasteiger partial charge in [0.2, 0.25) is 5.91 Å². The quantitative estimate of drug-likeness (QED) is 0.108. The summed E-state index contributed by atoms with van der Waals surface area (Å²) >= 11 is 4.37. The second-order valence-electron chi connectivity index (χ2n) is 9.29. The van der Waals surface area contributed by atoms with Crippen LogP contribution >= 0.6 is 12.6 Å². The van der Waals surface area contributed by atoms with Gasteiger partial charge in [-0.2, -0.15) is 0 Å². The minimum atomic E-state index is 0.132. The number of carbonyl (C=O) groups excluding carboxylic acids is 1. The third-order valence-corrected chi connectivity index (χ3v) is 6.66. The van der Waals surface area contributed by atoms with Gasteiger partial charge in [0.25, 0.3) is 0 Å². The van der Waals surface area contributed by atoms with Gasteiger partial charge < -0.3 is 15.4 Å². The largest absolute Gasteiger partial charge is 0.496 e. The van der Waals surface area contributed by atoms with E-state index in [0.29, 0.717) is 25.3 Å². The van der Waals surface area contributed by atoms with E-state index in [1.165, 1.54) is 83.5 Å². The fourth-order valence-corrected chi connectivity index (χ4v) is 4.42. The van der Waals surface area contributed by atoms with E-state index < -0.39 is 0 Å². The van der Waals surface area contributed by atoms with Gasteiger partial charge in [-0.15, -0.1) is 12.6 Å². The van der Waals surface area contributed by atoms with Gasteiger partial charge in [0.15, 0.2) is 0 Å². The molecule has 1 aromatic rings. The first kappa shape index (κ1) is 30.6. The molecule has 0 radical (unpaired) electrons. The molecule has 0 heterocycles. The summed E-state index contributed by atoms with van der Waals surface area (Å²) in [5, 5.41) is 0. The molecule has 0 aliphatic rings. The first-order valence-electron chi connectivity index (χ1n) is 13.6. The number of thiol groups is 1. The number of hydrogen-bond acceptors (Lipinski definition) is 4. The Kier molecular flexibility index (Phi) is 18.8. The Morgan fingerprint density at radius 2 is 1.50 bits per heavy atom. The van der Waals surface area contributed by atoms with Crippen molar-refractivity contribution < 1.29 is 9.53 Å². The summed E-state index contributed by atoms with van der Waals surface area (Å²) < 4.78 is 5.31. The molecule has 0 saturated heterocycles. The molecule has 0 bridgehead atoms. The van der Waals surface area contributed by atoms with Crippen molar-refractivity contribution in [2.45, 2.75) is 108 Å². The minimum Gasteiger partial charge on any atom is -0.496 e. The van der Waals surface area contributed by atoms with Crippen LogP contribution in [0.2, 0.25) is 0 Å². The lowest BCUT2D eigenvalue weighted by Crippen LogP contribution is -2.37. The average molecular weight is 491 g/mol. The summed E-state index contributed by atoms with van der Waals surface area (Å²) in [7, 11) is 1.62. The Balaban J connectivity index is 2.11. The second kappa shape index (κ2) is 20.9. The van der Waals surface area contributed by atoms with Crippen LogP contribution in [0.5, 0.6) is 5.75 Å². The van der Waals surface area contributed by atoms with Crippen LogP contribution in [-0.4, -0.2) is 37.6 Å². The van der Waals surface area contributed by atoms with Gasteiger partial charge in [-0.25, -0.2) is 0 Å². The monoisotopic (exact) mass is 490 g/mol. The van der Waals surface area contributed by atoms with Crippen LogP contribution in [0.15, 0.2) is 35.2 Å². The molecule has 0 saturated carbocycles. The zero-order chi connectivity index (χ0) is 24.9. The van der Waals surface area contributed by atoms with E-state index in [0.717, 1.165) is 23.4 Å². The van der Waals surface area contributed by atoms with Gasteiger partial charge in [-0.3, -0.25) is 4.79 Å². The normalized spacial score (nSPS) is 11.3. The topological polar surface area (TPSA) is 55.6 Å². The number of methoxy groups -OCH3 is 1. The molecule has 1 rings (SSSR count). The molecule has 1 amide bonds. The number of hydrogen-bond donors (Lipinski definition) is 2. The Bertz CT molecular complexity index is 678. The second-order valence-corrected chi connectivity index (χ2v) is 9.77. The van der Waals surface area contributed by atoms with Gasteiger partial charge in [0.05, 0.1) is 13.5 Å². The number of nitrogens with zero attached hydrogens (tertiary/aromatic N) is 1. The highest BCUT2D eigenvalue weighted by atomic mass is 32.1. The Morgan fingerprint density at radius 1 is 0.912 bits per heavy atom. The molecule has 0 aliphatic carbocycles. The lowest BCUT2D eigenvalue weighted by atomic mass is 10.1. The van der Waals surface area contributed by atoms with Crippen LogP contribution in [0.3, 0.4) is 0 Å². The van der Waals surface area contributed by atoms with Crippen LogP contribution in [0.25, 0.3) is 0 Å². The number of amides is 1. The predicted octanol–water partition coefficient (Wildman–Crippen LogP) is 7.35. The number of benzene rings is 1. The van der Waals surface area contributed by atoms with E-state index >= 15 is 0 Å². The number of ether oxygens (including phenoxy) is 1. The van der Waals surface area contributed by atoms with Gasteiger partial charge in [-0.05, 0) is 49.8 Å². The number of allylic oxidation sites excluding steroid dienone is 2. The Morgan fingerprint density at radius 3 is 2.09 bits per heavy atom. The molecule has 0 atom stereocenters. The van der Waals surface area contributed by atoms with Gasteiger partial charge in [-0.1, -0.05) is 82.9 Å². The van der Waals surface area contributed by atoms with E-state index in [9.17, 15) is 4.79 Å². The third kappa shape index (κ3) is 14.7. The first-order chi connectivity index (χ1) is 16.6. The standard InChI is InChI=1S/C29H50N2O2S/c1-3-4-5-6-7-8-9-10-11-12-13-14-15-16-17-18-22-31(23-21-30)29(32)25-26-19-20-28(34)27(24-26)33-2/h10-11,19-20,24,34H,3-9,12-18,21-23,25,30H2,1-2H3/b11-10-. The summed E-state index contributed by atoms with van der Waals surface area (Å²) in [5.74, 6) is 0.833. The summed E-state index contributed by atoms with van der Waals surface area (Å²) in [5.41, 5.74) is 6.70. The summed E-state index contributed by atoms with van der Waals surface area (Å²) in [6, 6.07) is 5.71. The van der Waals surface area contributed by atoms with E-state index in [-0.39, 0.29) is 5.91 Å². The summed E-state index contributed by atoms with van der Waals surface area (Å²) in [4.78, 5) is 15.5. The minimum absolute atomic E-state index is 0.132. The average Bonchev–Trinajstić information content (AvgIpc) is 2.84. The fourth-order valence-electron chi connectivity index (χ4n) is 4.19. The van der Waals surface area contributed by atoms with Crippen molar-refractivity contribution in [1.82, 2.24) is 4.90 Å². The summed E-state index contributed by atoms with van der Waals surface area (Å²) in [6.07, 6.45) is 23.2. The molecule has 34 heavy (non-hydrogen) atoms. The fraction of sp³-hybridized carbons (Fsp3) is 0.690. The number of carbonyl (C=O) groups is 1. The lowest BCUT2D eigenvalue weighted by Gasteiger charge is -2.22. The number of nitrogens with two attached hydrogens (primary N) is 1. The van der Waals surface area contributed by atoms with Crippen LogP contribution in [0.4, 0.5) is 0 Å². The molecule has 4 nitrogen and oxygen atoms in total. The number of rotatable bonds is 21. The molecule has 194 valence electrons. The van der Waals surface area contributed by atoms with Gasteiger partial charge in [0.1, 0.15) is 5.75 Å². The SMILES string of the molecule is CCCCCCCC/C=C\CCCCCCCCN(CCN)C(=O)Cc1ccc(S)c(OC)c1. The Labute approximate surface area is 215 Å². The van der Waals surface area contributed by atoms with Crippen molar-refractivity contribution in [1.29, 1.82) is 0 Å². The van der Waals surface area contributed by atoms with Crippen molar-refractivity contribution >= 4 is 18.5 Å². The van der Waals surface area contributed by atoms with E-state index in [1.54, 1.807) is 7.11 Å². The zero-order valence-electron chi connectivity index (χ0n) is 21.9. The maximum atomic E-state index is 12.8. The van der Waals surface area contributed by atoms with Gasteiger partial charge in [0, 0.05) is 24.5 Å². The van der Waals surface area contributed by atoms with E-state index in [2.05, 4.69) is 31.7 Å². The molecule has 0 aliphatic heterocycles. The highest BCUT2D eigenvalue weighted by Gasteiger charge is 2.14. The van der Waals surface area contributed by atoms with Crippen LogP contribution in [-0.2, 0) is 11.2 Å². The van der Waals surface area contributed by atoms with Crippen molar-refractivity contribution in [2.24, 2.45) is 5.73 Å². The smallest absolute Gasteiger partial charge is 0.227 e. The predicted molar refractivity (Wildman–Crippen MR) is 149 cm³/mol. The van der Waals surface area contributed by atoms with Crippen LogP contribution in [0.1, 0.15) is 102 Å².